The van der Waals surface area contributed by atoms with Crippen LogP contribution < -0.4 is 11.3 Å². The Hall–Kier alpha value is -0.0800. The summed E-state index contributed by atoms with van der Waals surface area (Å²) >= 11 is 0. The summed E-state index contributed by atoms with van der Waals surface area (Å²) in [5.74, 6) is 6.04. The monoisotopic (exact) mass is 158 g/mol. The summed E-state index contributed by atoms with van der Waals surface area (Å²) in [5.41, 5.74) is 3.22. The van der Waals surface area contributed by atoms with E-state index >= 15 is 0 Å². The van der Waals surface area contributed by atoms with Gasteiger partial charge >= 0.3 is 0 Å². The van der Waals surface area contributed by atoms with Crippen LogP contribution in [0.15, 0.2) is 0 Å². The van der Waals surface area contributed by atoms with E-state index < -0.39 is 0 Å². The molecule has 0 spiro atoms. The topological polar surface area (TPSA) is 38.0 Å². The zero-order valence-electron chi connectivity index (χ0n) is 8.44. The second-order valence-electron chi connectivity index (χ2n) is 4.78. The molecule has 0 bridgehead atoms. The molecule has 2 heteroatoms. The summed E-state index contributed by atoms with van der Waals surface area (Å²) in [4.78, 5) is 0. The van der Waals surface area contributed by atoms with Gasteiger partial charge in [0.25, 0.3) is 0 Å². The minimum atomic E-state index is 0.362. The molecule has 0 heterocycles. The normalized spacial score (nSPS) is 15.5. The Morgan fingerprint density at radius 1 is 1.27 bits per heavy atom. The van der Waals surface area contributed by atoms with E-state index in [4.69, 9.17) is 5.84 Å². The lowest BCUT2D eigenvalue weighted by atomic mass is 9.84. The largest absolute Gasteiger partial charge is 0.271 e. The Labute approximate surface area is 70.5 Å². The van der Waals surface area contributed by atoms with E-state index in [0.29, 0.717) is 17.4 Å². The average Bonchev–Trinajstić information content (AvgIpc) is 1.80. The minimum Gasteiger partial charge on any atom is -0.271 e. The minimum absolute atomic E-state index is 0.362. The van der Waals surface area contributed by atoms with Gasteiger partial charge in [0.05, 0.1) is 0 Å². The van der Waals surface area contributed by atoms with Crippen LogP contribution in [0, 0.1) is 11.3 Å². The molecule has 0 saturated carbocycles. The van der Waals surface area contributed by atoms with Gasteiger partial charge in [0.15, 0.2) is 0 Å². The van der Waals surface area contributed by atoms with Crippen molar-refractivity contribution in [3.8, 4) is 0 Å². The first-order chi connectivity index (χ1) is 4.87. The lowest BCUT2D eigenvalue weighted by Gasteiger charge is -2.27. The summed E-state index contributed by atoms with van der Waals surface area (Å²) < 4.78 is 0. The van der Waals surface area contributed by atoms with Gasteiger partial charge in [-0.15, -0.1) is 0 Å². The molecule has 0 rings (SSSR count). The third-order valence-corrected chi connectivity index (χ3v) is 1.85. The number of hydrogen-bond donors (Lipinski definition) is 2. The Balaban J connectivity index is 3.88. The molecule has 1 unspecified atom stereocenters. The fourth-order valence-corrected chi connectivity index (χ4v) is 1.15. The standard InChI is InChI=1S/C9H22N2/c1-7(2)8(11-10)6-9(3,4)5/h7-8,11H,6,10H2,1-5H3. The smallest absolute Gasteiger partial charge is 0.0238 e. The maximum Gasteiger partial charge on any atom is 0.0238 e. The molecule has 0 saturated heterocycles. The molecule has 0 amide bonds. The molecule has 0 aromatic carbocycles. The first-order valence-corrected chi connectivity index (χ1v) is 4.33. The van der Waals surface area contributed by atoms with Crippen LogP contribution in [-0.4, -0.2) is 6.04 Å². The van der Waals surface area contributed by atoms with Crippen LogP contribution in [0.3, 0.4) is 0 Å². The van der Waals surface area contributed by atoms with E-state index in [1.165, 1.54) is 0 Å². The summed E-state index contributed by atoms with van der Waals surface area (Å²) in [5, 5.41) is 0. The Bertz CT molecular complexity index is 103. The van der Waals surface area contributed by atoms with Crippen LogP contribution in [0.5, 0.6) is 0 Å². The zero-order valence-corrected chi connectivity index (χ0v) is 8.44. The van der Waals surface area contributed by atoms with Gasteiger partial charge in [0.2, 0.25) is 0 Å². The number of rotatable bonds is 3. The van der Waals surface area contributed by atoms with Gasteiger partial charge in [-0.3, -0.25) is 11.3 Å². The molecule has 2 nitrogen and oxygen atoms in total. The molecular formula is C9H22N2. The molecule has 0 aliphatic rings. The maximum atomic E-state index is 5.43. The highest BCUT2D eigenvalue weighted by atomic mass is 15.2. The van der Waals surface area contributed by atoms with Crippen LogP contribution in [0.2, 0.25) is 0 Å². The van der Waals surface area contributed by atoms with Crippen molar-refractivity contribution in [3.05, 3.63) is 0 Å². The van der Waals surface area contributed by atoms with E-state index in [-0.39, 0.29) is 0 Å². The molecular weight excluding hydrogens is 136 g/mol. The molecule has 0 aromatic rings. The number of hydrogen-bond acceptors (Lipinski definition) is 2. The van der Waals surface area contributed by atoms with Gasteiger partial charge in [-0.2, -0.15) is 0 Å². The van der Waals surface area contributed by atoms with Crippen molar-refractivity contribution < 1.29 is 0 Å². The summed E-state index contributed by atoms with van der Waals surface area (Å²) in [7, 11) is 0. The number of nitrogens with one attached hydrogen (secondary N) is 1. The van der Waals surface area contributed by atoms with E-state index in [9.17, 15) is 0 Å². The molecule has 0 fully saturated rings. The predicted octanol–water partition coefficient (Wildman–Crippen LogP) is 1.91. The SMILES string of the molecule is CC(C)C(CC(C)(C)C)NN. The van der Waals surface area contributed by atoms with Gasteiger partial charge in [-0.25, -0.2) is 0 Å². The Morgan fingerprint density at radius 2 is 1.73 bits per heavy atom. The third kappa shape index (κ3) is 5.22. The van der Waals surface area contributed by atoms with Crippen molar-refractivity contribution in [1.82, 2.24) is 5.43 Å². The van der Waals surface area contributed by atoms with Crippen molar-refractivity contribution in [2.75, 3.05) is 0 Å². The Morgan fingerprint density at radius 3 is 1.82 bits per heavy atom. The van der Waals surface area contributed by atoms with E-state index in [2.05, 4.69) is 40.0 Å². The molecule has 3 N–H and O–H groups in total. The van der Waals surface area contributed by atoms with Gasteiger partial charge in [0, 0.05) is 6.04 Å². The molecule has 0 aliphatic carbocycles. The first-order valence-electron chi connectivity index (χ1n) is 4.33. The predicted molar refractivity (Wildman–Crippen MR) is 50.0 cm³/mol. The molecule has 68 valence electrons. The van der Waals surface area contributed by atoms with Crippen LogP contribution in [-0.2, 0) is 0 Å². The van der Waals surface area contributed by atoms with Gasteiger partial charge < -0.3 is 0 Å². The van der Waals surface area contributed by atoms with Crippen molar-refractivity contribution in [3.63, 3.8) is 0 Å². The first kappa shape index (κ1) is 10.9. The lowest BCUT2D eigenvalue weighted by Crippen LogP contribution is -2.41. The van der Waals surface area contributed by atoms with E-state index in [1.807, 2.05) is 0 Å². The fourth-order valence-electron chi connectivity index (χ4n) is 1.15. The van der Waals surface area contributed by atoms with Gasteiger partial charge in [-0.05, 0) is 17.8 Å². The number of hydrazine groups is 1. The fraction of sp³-hybridized carbons (Fsp3) is 1.00. The summed E-state index contributed by atoms with van der Waals surface area (Å²) in [6.07, 6.45) is 1.13. The van der Waals surface area contributed by atoms with Crippen LogP contribution in [0.25, 0.3) is 0 Å². The van der Waals surface area contributed by atoms with Crippen molar-refractivity contribution >= 4 is 0 Å². The molecule has 1 atom stereocenters. The molecule has 0 radical (unpaired) electrons. The van der Waals surface area contributed by atoms with Crippen molar-refractivity contribution in [1.29, 1.82) is 0 Å². The Kier molecular flexibility index (Phi) is 4.04. The highest BCUT2D eigenvalue weighted by Crippen LogP contribution is 2.23. The maximum absolute atomic E-state index is 5.43. The van der Waals surface area contributed by atoms with Crippen LogP contribution in [0.4, 0.5) is 0 Å². The van der Waals surface area contributed by atoms with Crippen molar-refractivity contribution in [2.45, 2.75) is 47.1 Å². The average molecular weight is 158 g/mol. The highest BCUT2D eigenvalue weighted by Gasteiger charge is 2.19. The molecule has 0 aliphatic heterocycles. The lowest BCUT2D eigenvalue weighted by molar-refractivity contribution is 0.266. The number of nitrogens with two attached hydrogens (primary N) is 1. The van der Waals surface area contributed by atoms with Gasteiger partial charge in [-0.1, -0.05) is 34.6 Å². The van der Waals surface area contributed by atoms with E-state index in [1.54, 1.807) is 0 Å². The van der Waals surface area contributed by atoms with Crippen LogP contribution in [0.1, 0.15) is 41.0 Å². The second-order valence-corrected chi connectivity index (χ2v) is 4.78. The van der Waals surface area contributed by atoms with E-state index in [0.717, 1.165) is 6.42 Å². The molecule has 0 aromatic heterocycles. The summed E-state index contributed by atoms with van der Waals surface area (Å²) in [6, 6.07) is 0.440. The second kappa shape index (κ2) is 4.07. The summed E-state index contributed by atoms with van der Waals surface area (Å²) in [6.45, 7) is 11.1. The quantitative estimate of drug-likeness (QED) is 0.486. The van der Waals surface area contributed by atoms with Gasteiger partial charge in [0.1, 0.15) is 0 Å². The highest BCUT2D eigenvalue weighted by molar-refractivity contribution is 4.74. The third-order valence-electron chi connectivity index (χ3n) is 1.85. The van der Waals surface area contributed by atoms with Crippen LogP contribution >= 0.6 is 0 Å². The van der Waals surface area contributed by atoms with Crippen molar-refractivity contribution in [2.24, 2.45) is 17.2 Å². The molecule has 11 heavy (non-hydrogen) atoms. The zero-order chi connectivity index (χ0) is 9.07.